The number of thioether (sulfide) groups is 1. The largest absolute Gasteiger partial charge is 0.395 e. The minimum atomic E-state index is 0.171. The summed E-state index contributed by atoms with van der Waals surface area (Å²) in [6.07, 6.45) is 0. The lowest BCUT2D eigenvalue weighted by Gasteiger charge is -2.10. The summed E-state index contributed by atoms with van der Waals surface area (Å²) >= 11 is 1.59. The van der Waals surface area contributed by atoms with Gasteiger partial charge in [0.25, 0.3) is 0 Å². The summed E-state index contributed by atoms with van der Waals surface area (Å²) in [7, 11) is 0. The molecule has 15 heavy (non-hydrogen) atoms. The number of hydrogen-bond donors (Lipinski definition) is 1. The zero-order valence-corrected chi connectivity index (χ0v) is 10.5. The fourth-order valence-electron chi connectivity index (χ4n) is 1.12. The van der Waals surface area contributed by atoms with Gasteiger partial charge in [-0.2, -0.15) is 0 Å². The van der Waals surface area contributed by atoms with Gasteiger partial charge in [0.05, 0.1) is 6.61 Å². The average Bonchev–Trinajstić information content (AvgIpc) is 2.16. The van der Waals surface area contributed by atoms with Crippen molar-refractivity contribution in [3.05, 3.63) is 17.6 Å². The Bertz CT molecular complexity index is 328. The Kier molecular flexibility index (Phi) is 4.54. The Hall–Kier alpha value is -0.610. The number of aryl methyl sites for hydroxylation is 1. The van der Waals surface area contributed by atoms with Crippen molar-refractivity contribution >= 4 is 11.8 Å². The predicted molar refractivity (Wildman–Crippen MR) is 63.3 cm³/mol. The summed E-state index contributed by atoms with van der Waals surface area (Å²) in [5.41, 5.74) is 0.987. The van der Waals surface area contributed by atoms with E-state index in [1.165, 1.54) is 0 Å². The van der Waals surface area contributed by atoms with Gasteiger partial charge in [-0.05, 0) is 13.0 Å². The van der Waals surface area contributed by atoms with Crippen LogP contribution >= 0.6 is 11.8 Å². The van der Waals surface area contributed by atoms with Gasteiger partial charge in [-0.3, -0.25) is 0 Å². The molecule has 0 aliphatic heterocycles. The summed E-state index contributed by atoms with van der Waals surface area (Å²) in [5, 5.41) is 10.1. The van der Waals surface area contributed by atoms with Gasteiger partial charge in [0.15, 0.2) is 0 Å². The van der Waals surface area contributed by atoms with E-state index in [1.807, 2.05) is 19.9 Å². The molecule has 1 N–H and O–H groups in total. The van der Waals surface area contributed by atoms with Crippen LogP contribution in [0.5, 0.6) is 0 Å². The minimum Gasteiger partial charge on any atom is -0.395 e. The van der Waals surface area contributed by atoms with Gasteiger partial charge in [0, 0.05) is 16.9 Å². The number of aliphatic hydroxyl groups is 1. The molecule has 0 fully saturated rings. The van der Waals surface area contributed by atoms with Gasteiger partial charge >= 0.3 is 0 Å². The first-order valence-corrected chi connectivity index (χ1v) is 6.04. The number of nitrogens with zero attached hydrogens (tertiary/aromatic N) is 2. The minimum absolute atomic E-state index is 0.171. The first-order chi connectivity index (χ1) is 7.02. The summed E-state index contributed by atoms with van der Waals surface area (Å²) in [4.78, 5) is 8.84. The van der Waals surface area contributed by atoms with Gasteiger partial charge < -0.3 is 5.11 Å². The topological polar surface area (TPSA) is 46.0 Å². The molecule has 1 rings (SSSR count). The Morgan fingerprint density at radius 2 is 2.00 bits per heavy atom. The van der Waals surface area contributed by atoms with Crippen LogP contribution in [-0.2, 0) is 0 Å². The van der Waals surface area contributed by atoms with Crippen LogP contribution in [0, 0.1) is 6.92 Å². The second-order valence-corrected chi connectivity index (χ2v) is 5.43. The lowest BCUT2D eigenvalue weighted by molar-refractivity contribution is 0.300. The molecule has 1 unspecified atom stereocenters. The van der Waals surface area contributed by atoms with Crippen molar-refractivity contribution in [3.63, 3.8) is 0 Å². The molecule has 84 valence electrons. The summed E-state index contributed by atoms with van der Waals surface area (Å²) in [5.74, 6) is 1.22. The van der Waals surface area contributed by atoms with Crippen LogP contribution in [0.2, 0.25) is 0 Å². The molecule has 1 aromatic heterocycles. The molecule has 0 saturated heterocycles. The fraction of sp³-hybridized carbons (Fsp3) is 0.636. The maximum Gasteiger partial charge on any atom is 0.132 e. The molecule has 0 aliphatic rings. The number of aliphatic hydroxyl groups excluding tert-OH is 1. The normalized spacial score (nSPS) is 13.2. The molecule has 1 aromatic rings. The van der Waals surface area contributed by atoms with Crippen molar-refractivity contribution in [3.8, 4) is 0 Å². The van der Waals surface area contributed by atoms with Crippen molar-refractivity contribution in [1.82, 2.24) is 9.97 Å². The van der Waals surface area contributed by atoms with Crippen LogP contribution < -0.4 is 0 Å². The average molecular weight is 226 g/mol. The third kappa shape index (κ3) is 3.80. The maximum atomic E-state index is 8.98. The van der Waals surface area contributed by atoms with E-state index in [4.69, 9.17) is 5.11 Å². The Morgan fingerprint density at radius 1 is 1.33 bits per heavy atom. The van der Waals surface area contributed by atoms with Gasteiger partial charge in [-0.25, -0.2) is 9.97 Å². The molecular formula is C11H18N2OS. The van der Waals surface area contributed by atoms with E-state index in [0.717, 1.165) is 16.5 Å². The Labute approximate surface area is 95.3 Å². The second kappa shape index (κ2) is 5.47. The van der Waals surface area contributed by atoms with Crippen molar-refractivity contribution < 1.29 is 5.11 Å². The first kappa shape index (κ1) is 12.5. The smallest absolute Gasteiger partial charge is 0.132 e. The monoisotopic (exact) mass is 226 g/mol. The molecule has 0 radical (unpaired) electrons. The molecule has 4 heteroatoms. The third-order valence-corrected chi connectivity index (χ3v) is 2.95. The van der Waals surface area contributed by atoms with E-state index in [1.54, 1.807) is 11.8 Å². The SMILES string of the molecule is Cc1cc(SC(C)CO)nc(C(C)C)n1. The van der Waals surface area contributed by atoms with Crippen LogP contribution in [0.4, 0.5) is 0 Å². The molecule has 1 atom stereocenters. The van der Waals surface area contributed by atoms with Crippen LogP contribution in [0.15, 0.2) is 11.1 Å². The maximum absolute atomic E-state index is 8.98. The Balaban J connectivity index is 2.88. The fourth-order valence-corrected chi connectivity index (χ4v) is 2.00. The van der Waals surface area contributed by atoms with Crippen LogP contribution in [-0.4, -0.2) is 26.9 Å². The molecule has 1 heterocycles. The number of aromatic nitrogens is 2. The number of rotatable bonds is 4. The van der Waals surface area contributed by atoms with Crippen molar-refractivity contribution in [2.45, 2.75) is 43.9 Å². The standard InChI is InChI=1S/C11H18N2OS/c1-7(2)11-12-8(3)5-10(13-11)15-9(4)6-14/h5,7,9,14H,6H2,1-4H3. The molecule has 0 bridgehead atoms. The van der Waals surface area contributed by atoms with E-state index in [-0.39, 0.29) is 11.9 Å². The quantitative estimate of drug-likeness (QED) is 0.632. The lowest BCUT2D eigenvalue weighted by Crippen LogP contribution is -2.05. The zero-order chi connectivity index (χ0) is 11.4. The highest BCUT2D eigenvalue weighted by Gasteiger charge is 2.09. The van der Waals surface area contributed by atoms with E-state index < -0.39 is 0 Å². The highest BCUT2D eigenvalue weighted by molar-refractivity contribution is 7.99. The lowest BCUT2D eigenvalue weighted by atomic mass is 10.2. The summed E-state index contributed by atoms with van der Waals surface area (Å²) in [6.45, 7) is 8.29. The molecule has 0 aliphatic carbocycles. The van der Waals surface area contributed by atoms with Crippen LogP contribution in [0.3, 0.4) is 0 Å². The highest BCUT2D eigenvalue weighted by atomic mass is 32.2. The van der Waals surface area contributed by atoms with E-state index in [0.29, 0.717) is 5.92 Å². The molecule has 3 nitrogen and oxygen atoms in total. The van der Waals surface area contributed by atoms with E-state index >= 15 is 0 Å². The van der Waals surface area contributed by atoms with Gasteiger partial charge in [-0.15, -0.1) is 11.8 Å². The summed E-state index contributed by atoms with van der Waals surface area (Å²) in [6, 6.07) is 1.96. The molecule has 0 aromatic carbocycles. The second-order valence-electron chi connectivity index (χ2n) is 3.97. The van der Waals surface area contributed by atoms with Gasteiger partial charge in [-0.1, -0.05) is 20.8 Å². The molecular weight excluding hydrogens is 208 g/mol. The first-order valence-electron chi connectivity index (χ1n) is 5.16. The summed E-state index contributed by atoms with van der Waals surface area (Å²) < 4.78 is 0. The van der Waals surface area contributed by atoms with Crippen molar-refractivity contribution in [2.24, 2.45) is 0 Å². The Morgan fingerprint density at radius 3 is 2.53 bits per heavy atom. The molecule has 0 spiro atoms. The predicted octanol–water partition coefficient (Wildman–Crippen LogP) is 2.38. The van der Waals surface area contributed by atoms with Gasteiger partial charge in [0.1, 0.15) is 10.9 Å². The van der Waals surface area contributed by atoms with Gasteiger partial charge in [0.2, 0.25) is 0 Å². The van der Waals surface area contributed by atoms with Crippen LogP contribution in [0.1, 0.15) is 38.2 Å². The molecule has 0 amide bonds. The van der Waals surface area contributed by atoms with Crippen molar-refractivity contribution in [2.75, 3.05) is 6.61 Å². The van der Waals surface area contributed by atoms with Crippen molar-refractivity contribution in [1.29, 1.82) is 0 Å². The third-order valence-electron chi connectivity index (χ3n) is 1.94. The highest BCUT2D eigenvalue weighted by Crippen LogP contribution is 2.22. The molecule has 0 saturated carbocycles. The zero-order valence-electron chi connectivity index (χ0n) is 9.69. The van der Waals surface area contributed by atoms with E-state index in [9.17, 15) is 0 Å². The van der Waals surface area contributed by atoms with Crippen LogP contribution in [0.25, 0.3) is 0 Å². The number of hydrogen-bond acceptors (Lipinski definition) is 4. The van der Waals surface area contributed by atoms with E-state index in [2.05, 4.69) is 23.8 Å².